The number of carbonyl (C=O) groups is 1. The van der Waals surface area contributed by atoms with Gasteiger partial charge >= 0.3 is 5.97 Å². The first-order valence-corrected chi connectivity index (χ1v) is 6.38. The molecule has 1 aliphatic rings. The number of aromatic nitrogens is 2. The van der Waals surface area contributed by atoms with Gasteiger partial charge in [-0.3, -0.25) is 4.79 Å². The third-order valence-electron chi connectivity index (χ3n) is 2.89. The smallest absolute Gasteiger partial charge is 0.310 e. The standard InChI is InChI=1S/C11H13Cl2N3O2/c1-18-10(17)7-3-2-4-16(6-7)11-14-8(12)5-9(13)15-11/h5,7H,2-4,6H2,1H3/t7-/m1/s1. The van der Waals surface area contributed by atoms with Gasteiger partial charge in [-0.05, 0) is 12.8 Å². The van der Waals surface area contributed by atoms with Crippen LogP contribution in [0, 0.1) is 5.92 Å². The van der Waals surface area contributed by atoms with Gasteiger partial charge in [0.25, 0.3) is 0 Å². The van der Waals surface area contributed by atoms with Crippen molar-refractivity contribution in [1.82, 2.24) is 9.97 Å². The summed E-state index contributed by atoms with van der Waals surface area (Å²) in [4.78, 5) is 21.7. The zero-order chi connectivity index (χ0) is 13.1. The Kier molecular flexibility index (Phi) is 4.24. The van der Waals surface area contributed by atoms with Crippen LogP contribution in [0.3, 0.4) is 0 Å². The lowest BCUT2D eigenvalue weighted by Crippen LogP contribution is -2.40. The number of esters is 1. The molecule has 0 N–H and O–H groups in total. The van der Waals surface area contributed by atoms with E-state index in [1.54, 1.807) is 0 Å². The second kappa shape index (κ2) is 5.71. The summed E-state index contributed by atoms with van der Waals surface area (Å²) < 4.78 is 4.76. The van der Waals surface area contributed by atoms with Crippen LogP contribution >= 0.6 is 23.2 Å². The Bertz CT molecular complexity index is 436. The van der Waals surface area contributed by atoms with Crippen LogP contribution in [0.25, 0.3) is 0 Å². The lowest BCUT2D eigenvalue weighted by Gasteiger charge is -2.31. The molecule has 1 aliphatic heterocycles. The van der Waals surface area contributed by atoms with Gasteiger partial charge in [-0.15, -0.1) is 0 Å². The molecule has 1 saturated heterocycles. The van der Waals surface area contributed by atoms with Crippen LogP contribution in [0.5, 0.6) is 0 Å². The molecule has 0 aromatic carbocycles. The number of carbonyl (C=O) groups excluding carboxylic acids is 1. The molecule has 1 fully saturated rings. The molecule has 2 heterocycles. The minimum absolute atomic E-state index is 0.148. The van der Waals surface area contributed by atoms with Gasteiger partial charge in [-0.2, -0.15) is 0 Å². The summed E-state index contributed by atoms with van der Waals surface area (Å²) in [6.45, 7) is 1.31. The van der Waals surface area contributed by atoms with Gasteiger partial charge in [-0.25, -0.2) is 9.97 Å². The molecule has 1 aromatic rings. The van der Waals surface area contributed by atoms with E-state index in [1.165, 1.54) is 13.2 Å². The monoisotopic (exact) mass is 289 g/mol. The molecule has 0 spiro atoms. The van der Waals surface area contributed by atoms with Crippen LogP contribution in [-0.2, 0) is 9.53 Å². The molecule has 7 heteroatoms. The summed E-state index contributed by atoms with van der Waals surface area (Å²) in [7, 11) is 1.40. The van der Waals surface area contributed by atoms with E-state index in [0.29, 0.717) is 22.8 Å². The molecule has 0 aliphatic carbocycles. The highest BCUT2D eigenvalue weighted by molar-refractivity contribution is 6.33. The summed E-state index contributed by atoms with van der Waals surface area (Å²) in [6, 6.07) is 1.48. The maximum absolute atomic E-state index is 11.5. The zero-order valence-electron chi connectivity index (χ0n) is 9.90. The summed E-state index contributed by atoms with van der Waals surface area (Å²) >= 11 is 11.7. The van der Waals surface area contributed by atoms with Crippen molar-refractivity contribution in [2.75, 3.05) is 25.1 Å². The van der Waals surface area contributed by atoms with E-state index in [-0.39, 0.29) is 11.9 Å². The van der Waals surface area contributed by atoms with Gasteiger partial charge < -0.3 is 9.64 Å². The molecule has 18 heavy (non-hydrogen) atoms. The number of ether oxygens (including phenoxy) is 1. The van der Waals surface area contributed by atoms with E-state index in [2.05, 4.69) is 9.97 Å². The lowest BCUT2D eigenvalue weighted by atomic mass is 9.98. The van der Waals surface area contributed by atoms with E-state index in [0.717, 1.165) is 19.4 Å². The van der Waals surface area contributed by atoms with Crippen LogP contribution in [0.4, 0.5) is 5.95 Å². The largest absolute Gasteiger partial charge is 0.469 e. The fourth-order valence-corrected chi connectivity index (χ4v) is 2.45. The number of halogens is 2. The quantitative estimate of drug-likeness (QED) is 0.617. The van der Waals surface area contributed by atoms with E-state index in [1.807, 2.05) is 4.90 Å². The second-order valence-corrected chi connectivity index (χ2v) is 4.90. The van der Waals surface area contributed by atoms with Gasteiger partial charge in [0, 0.05) is 19.2 Å². The minimum atomic E-state index is -0.201. The van der Waals surface area contributed by atoms with Gasteiger partial charge in [0.15, 0.2) is 0 Å². The Hall–Kier alpha value is -1.07. The Morgan fingerprint density at radius 1 is 1.44 bits per heavy atom. The number of hydrogen-bond acceptors (Lipinski definition) is 5. The predicted molar refractivity (Wildman–Crippen MR) is 69.0 cm³/mol. The van der Waals surface area contributed by atoms with Crippen molar-refractivity contribution in [2.24, 2.45) is 5.92 Å². The highest BCUT2D eigenvalue weighted by atomic mass is 35.5. The third-order valence-corrected chi connectivity index (χ3v) is 3.28. The van der Waals surface area contributed by atoms with Gasteiger partial charge in [0.1, 0.15) is 10.3 Å². The Labute approximate surface area is 115 Å². The summed E-state index contributed by atoms with van der Waals surface area (Å²) in [5.74, 6) is 0.110. The van der Waals surface area contributed by atoms with Crippen LogP contribution in [0.1, 0.15) is 12.8 Å². The summed E-state index contributed by atoms with van der Waals surface area (Å²) in [5.41, 5.74) is 0. The zero-order valence-corrected chi connectivity index (χ0v) is 11.4. The van der Waals surface area contributed by atoms with Gasteiger partial charge in [0.2, 0.25) is 5.95 Å². The topological polar surface area (TPSA) is 55.3 Å². The highest BCUT2D eigenvalue weighted by Gasteiger charge is 2.28. The van der Waals surface area contributed by atoms with E-state index >= 15 is 0 Å². The Balaban J connectivity index is 2.15. The maximum atomic E-state index is 11.5. The van der Waals surface area contributed by atoms with Crippen molar-refractivity contribution in [2.45, 2.75) is 12.8 Å². The number of rotatable bonds is 2. The molecule has 2 rings (SSSR count). The lowest BCUT2D eigenvalue weighted by molar-refractivity contribution is -0.145. The molecule has 5 nitrogen and oxygen atoms in total. The molecular formula is C11H13Cl2N3O2. The SMILES string of the molecule is COC(=O)[C@@H]1CCCN(c2nc(Cl)cc(Cl)n2)C1. The molecule has 0 amide bonds. The normalized spacial score (nSPS) is 19.7. The van der Waals surface area contributed by atoms with E-state index < -0.39 is 0 Å². The number of anilines is 1. The van der Waals surface area contributed by atoms with Gasteiger partial charge in [-0.1, -0.05) is 23.2 Å². The van der Waals surface area contributed by atoms with Crippen LogP contribution in [0.2, 0.25) is 10.3 Å². The first-order chi connectivity index (χ1) is 8.60. The predicted octanol–water partition coefficient (Wildman–Crippen LogP) is 2.17. The first-order valence-electron chi connectivity index (χ1n) is 5.63. The molecule has 1 aromatic heterocycles. The molecular weight excluding hydrogens is 277 g/mol. The molecule has 1 atom stereocenters. The van der Waals surface area contributed by atoms with Crippen LogP contribution < -0.4 is 4.90 Å². The van der Waals surface area contributed by atoms with Gasteiger partial charge in [0.05, 0.1) is 13.0 Å². The molecule has 0 bridgehead atoms. The van der Waals surface area contributed by atoms with Crippen molar-refractivity contribution in [1.29, 1.82) is 0 Å². The summed E-state index contributed by atoms with van der Waals surface area (Å²) in [6.07, 6.45) is 1.70. The average molecular weight is 290 g/mol. The minimum Gasteiger partial charge on any atom is -0.469 e. The van der Waals surface area contributed by atoms with E-state index in [9.17, 15) is 4.79 Å². The highest BCUT2D eigenvalue weighted by Crippen LogP contribution is 2.23. The van der Waals surface area contributed by atoms with Crippen molar-refractivity contribution >= 4 is 35.1 Å². The Morgan fingerprint density at radius 3 is 2.72 bits per heavy atom. The molecule has 0 saturated carbocycles. The number of nitrogens with zero attached hydrogens (tertiary/aromatic N) is 3. The van der Waals surface area contributed by atoms with Crippen LogP contribution in [-0.4, -0.2) is 36.1 Å². The van der Waals surface area contributed by atoms with E-state index in [4.69, 9.17) is 27.9 Å². The second-order valence-electron chi connectivity index (χ2n) is 4.12. The van der Waals surface area contributed by atoms with Crippen molar-refractivity contribution in [3.63, 3.8) is 0 Å². The van der Waals surface area contributed by atoms with Crippen molar-refractivity contribution in [3.05, 3.63) is 16.4 Å². The van der Waals surface area contributed by atoms with Crippen molar-refractivity contribution in [3.8, 4) is 0 Å². The fraction of sp³-hybridized carbons (Fsp3) is 0.545. The van der Waals surface area contributed by atoms with Crippen LogP contribution in [0.15, 0.2) is 6.07 Å². The number of methoxy groups -OCH3 is 1. The average Bonchev–Trinajstić information content (AvgIpc) is 2.37. The first kappa shape index (κ1) is 13.4. The fourth-order valence-electron chi connectivity index (χ4n) is 2.04. The maximum Gasteiger partial charge on any atom is 0.310 e. The van der Waals surface area contributed by atoms with Crippen molar-refractivity contribution < 1.29 is 9.53 Å². The summed E-state index contributed by atoms with van der Waals surface area (Å²) in [5, 5.41) is 0.593. The molecule has 0 unspecified atom stereocenters. The molecule has 0 radical (unpaired) electrons. The third kappa shape index (κ3) is 3.03. The number of piperidine rings is 1. The Morgan fingerprint density at radius 2 is 2.11 bits per heavy atom. The molecule has 98 valence electrons. The number of hydrogen-bond donors (Lipinski definition) is 0.